The van der Waals surface area contributed by atoms with Gasteiger partial charge in [0.15, 0.2) is 0 Å². The lowest BCUT2D eigenvalue weighted by Gasteiger charge is -2.29. The monoisotopic (exact) mass is 919 g/mol. The number of quaternary nitrogens is 1. The second kappa shape index (κ2) is 46.3. The summed E-state index contributed by atoms with van der Waals surface area (Å²) in [5.74, 6) is -0.213. The number of nitrogens with zero attached hydrogens (tertiary/aromatic N) is 1. The lowest BCUT2D eigenvalue weighted by Crippen LogP contribution is -2.45. The number of carbonyl (C=O) groups excluding carboxylic acids is 1. The molecule has 0 saturated carbocycles. The first-order chi connectivity index (χ1) is 31.0. The Bertz CT molecular complexity index is 1230. The van der Waals surface area contributed by atoms with Gasteiger partial charge in [0.2, 0.25) is 5.91 Å². The van der Waals surface area contributed by atoms with Gasteiger partial charge < -0.3 is 28.8 Å². The van der Waals surface area contributed by atoms with E-state index >= 15 is 0 Å². The van der Waals surface area contributed by atoms with Gasteiger partial charge in [0.25, 0.3) is 7.82 Å². The minimum Gasteiger partial charge on any atom is -0.756 e. The fraction of sp³-hybridized carbons (Fsp3) is 0.800. The van der Waals surface area contributed by atoms with Gasteiger partial charge in [-0.3, -0.25) is 9.36 Å². The Balaban J connectivity index is 4.29. The molecule has 0 aliphatic carbocycles. The maximum Gasteiger partial charge on any atom is 0.268 e. The number of aliphatic hydroxyl groups is 1. The minimum atomic E-state index is -4.61. The third-order valence-electron chi connectivity index (χ3n) is 11.7. The van der Waals surface area contributed by atoms with Gasteiger partial charge in [0.05, 0.1) is 39.9 Å². The summed E-state index contributed by atoms with van der Waals surface area (Å²) in [5.41, 5.74) is 0. The van der Waals surface area contributed by atoms with Crippen molar-refractivity contribution in [2.24, 2.45) is 0 Å². The number of carbonyl (C=O) groups is 1. The van der Waals surface area contributed by atoms with Crippen LogP contribution in [0.5, 0.6) is 0 Å². The summed E-state index contributed by atoms with van der Waals surface area (Å²) in [6.07, 6.45) is 61.4. The number of amides is 1. The lowest BCUT2D eigenvalue weighted by atomic mass is 10.0. The van der Waals surface area contributed by atoms with Crippen LogP contribution in [0.1, 0.15) is 232 Å². The Morgan fingerprint density at radius 3 is 1.36 bits per heavy atom. The predicted molar refractivity (Wildman–Crippen MR) is 274 cm³/mol. The highest BCUT2D eigenvalue weighted by Crippen LogP contribution is 2.38. The zero-order valence-electron chi connectivity index (χ0n) is 42.5. The average Bonchev–Trinajstić information content (AvgIpc) is 3.25. The van der Waals surface area contributed by atoms with Gasteiger partial charge >= 0.3 is 0 Å². The Labute approximate surface area is 396 Å². The summed E-state index contributed by atoms with van der Waals surface area (Å²) in [6, 6.07) is -0.911. The van der Waals surface area contributed by atoms with E-state index in [9.17, 15) is 19.4 Å². The molecule has 0 aromatic rings. The zero-order chi connectivity index (χ0) is 47.1. The normalized spacial score (nSPS) is 14.5. The first-order valence-corrected chi connectivity index (χ1v) is 28.1. The van der Waals surface area contributed by atoms with Gasteiger partial charge in [-0.1, -0.05) is 209 Å². The van der Waals surface area contributed by atoms with Crippen molar-refractivity contribution in [1.82, 2.24) is 5.32 Å². The third-order valence-corrected chi connectivity index (χ3v) is 12.6. The molecule has 0 aromatic heterocycles. The van der Waals surface area contributed by atoms with Crippen LogP contribution in [0.15, 0.2) is 60.8 Å². The molecule has 64 heavy (non-hydrogen) atoms. The molecule has 0 bridgehead atoms. The Hall–Kier alpha value is -1.80. The number of nitrogens with one attached hydrogen (secondary N) is 1. The van der Waals surface area contributed by atoms with Gasteiger partial charge in [0, 0.05) is 6.42 Å². The molecule has 3 unspecified atom stereocenters. The van der Waals surface area contributed by atoms with Crippen molar-refractivity contribution in [2.45, 2.75) is 244 Å². The maximum atomic E-state index is 12.9. The van der Waals surface area contributed by atoms with Crippen molar-refractivity contribution < 1.29 is 32.9 Å². The SMILES string of the molecule is CCCCCCC/C=C\C/C=C\CCCCCCCCCCCCCCCC(=O)NC(COP(=O)([O-])OCC[N+](C)(C)C)C(O)/C=C/CC/C=C/CC/C=C/CCCCCCCCC. The maximum absolute atomic E-state index is 12.9. The molecule has 1 amide bonds. The standard InChI is InChI=1S/C55H103N2O6P/c1-6-8-10-12-14-16-18-20-22-24-25-26-27-28-29-30-31-33-35-37-39-41-43-45-47-49-55(59)56-53(52-63-64(60,61)62-51-50-57(3,4)5)54(58)48-46-44-42-40-38-36-34-32-23-21-19-17-15-13-11-9-7-2/h18,20,23-25,32,38,40,46,48,53-54,58H,6-17,19,21-22,26-31,33-37,39,41-45,47,49-52H2,1-5H3,(H-,56,59,60,61)/b20-18-,25-24-,32-23+,40-38+,48-46+. The number of hydrogen-bond donors (Lipinski definition) is 2. The molecule has 0 fully saturated rings. The Kier molecular flexibility index (Phi) is 45.0. The van der Waals surface area contributed by atoms with Crippen molar-refractivity contribution in [2.75, 3.05) is 40.9 Å². The fourth-order valence-electron chi connectivity index (χ4n) is 7.45. The smallest absolute Gasteiger partial charge is 0.268 e. The van der Waals surface area contributed by atoms with Gasteiger partial charge in [-0.25, -0.2) is 0 Å². The number of likely N-dealkylation sites (N-methyl/N-ethyl adjacent to an activating group) is 1. The Morgan fingerprint density at radius 2 is 0.922 bits per heavy atom. The molecule has 9 heteroatoms. The van der Waals surface area contributed by atoms with E-state index in [4.69, 9.17) is 9.05 Å². The fourth-order valence-corrected chi connectivity index (χ4v) is 8.17. The highest BCUT2D eigenvalue weighted by Gasteiger charge is 2.23. The van der Waals surface area contributed by atoms with E-state index in [-0.39, 0.29) is 12.5 Å². The van der Waals surface area contributed by atoms with Crippen molar-refractivity contribution >= 4 is 13.7 Å². The van der Waals surface area contributed by atoms with Crippen molar-refractivity contribution in [3.8, 4) is 0 Å². The highest BCUT2D eigenvalue weighted by molar-refractivity contribution is 7.45. The largest absolute Gasteiger partial charge is 0.756 e. The van der Waals surface area contributed by atoms with Gasteiger partial charge in [-0.2, -0.15) is 0 Å². The molecule has 0 aromatic carbocycles. The molecule has 3 atom stereocenters. The zero-order valence-corrected chi connectivity index (χ0v) is 43.4. The van der Waals surface area contributed by atoms with Gasteiger partial charge in [-0.15, -0.1) is 0 Å². The molecule has 0 spiro atoms. The first-order valence-electron chi connectivity index (χ1n) is 26.7. The van der Waals surface area contributed by atoms with Crippen LogP contribution in [0, 0.1) is 0 Å². The number of phosphoric ester groups is 1. The summed E-state index contributed by atoms with van der Waals surface area (Å²) in [4.78, 5) is 25.4. The van der Waals surface area contributed by atoms with Crippen LogP contribution in [0.25, 0.3) is 0 Å². The number of hydrogen-bond acceptors (Lipinski definition) is 6. The van der Waals surface area contributed by atoms with Crippen LogP contribution in [0.2, 0.25) is 0 Å². The van der Waals surface area contributed by atoms with E-state index in [2.05, 4.69) is 67.8 Å². The molecule has 2 N–H and O–H groups in total. The average molecular weight is 919 g/mol. The summed E-state index contributed by atoms with van der Waals surface area (Å²) in [7, 11) is 1.23. The van der Waals surface area contributed by atoms with Crippen LogP contribution in [-0.2, 0) is 18.4 Å². The number of aliphatic hydroxyl groups excluding tert-OH is 1. The van der Waals surface area contributed by atoms with E-state index in [0.29, 0.717) is 17.4 Å². The number of allylic oxidation sites excluding steroid dienone is 9. The van der Waals surface area contributed by atoms with Gasteiger partial charge in [0.1, 0.15) is 13.2 Å². The number of phosphoric acid groups is 1. The second-order valence-corrected chi connectivity index (χ2v) is 20.6. The van der Waals surface area contributed by atoms with E-state index in [1.54, 1.807) is 6.08 Å². The molecular formula is C55H103N2O6P. The van der Waals surface area contributed by atoms with Crippen molar-refractivity contribution in [3.05, 3.63) is 60.8 Å². The minimum absolute atomic E-state index is 0.0105. The molecule has 0 aliphatic heterocycles. The second-order valence-electron chi connectivity index (χ2n) is 19.2. The lowest BCUT2D eigenvalue weighted by molar-refractivity contribution is -0.870. The first kappa shape index (κ1) is 62.2. The summed E-state index contributed by atoms with van der Waals surface area (Å²) in [6.45, 7) is 4.61. The summed E-state index contributed by atoms with van der Waals surface area (Å²) >= 11 is 0. The summed E-state index contributed by atoms with van der Waals surface area (Å²) in [5, 5.41) is 13.8. The predicted octanol–water partition coefficient (Wildman–Crippen LogP) is 15.1. The van der Waals surface area contributed by atoms with Crippen molar-refractivity contribution in [3.63, 3.8) is 0 Å². The van der Waals surface area contributed by atoms with Crippen molar-refractivity contribution in [1.29, 1.82) is 0 Å². The third kappa shape index (κ3) is 48.1. The number of unbranched alkanes of at least 4 members (excludes halogenated alkanes) is 27. The van der Waals surface area contributed by atoms with Crippen LogP contribution in [0.3, 0.4) is 0 Å². The van der Waals surface area contributed by atoms with Crippen LogP contribution in [-0.4, -0.2) is 68.5 Å². The van der Waals surface area contributed by atoms with Crippen LogP contribution < -0.4 is 10.2 Å². The molecule has 0 heterocycles. The van der Waals surface area contributed by atoms with E-state index in [0.717, 1.165) is 51.4 Å². The molecule has 374 valence electrons. The molecule has 0 aliphatic rings. The summed E-state index contributed by atoms with van der Waals surface area (Å²) < 4.78 is 23.3. The highest BCUT2D eigenvalue weighted by atomic mass is 31.2. The molecule has 0 saturated heterocycles. The molecule has 8 nitrogen and oxygen atoms in total. The number of rotatable bonds is 48. The molecule has 0 radical (unpaired) electrons. The van der Waals surface area contributed by atoms with Gasteiger partial charge in [-0.05, 0) is 77.0 Å². The van der Waals surface area contributed by atoms with E-state index in [1.165, 1.54) is 161 Å². The van der Waals surface area contributed by atoms with E-state index < -0.39 is 26.6 Å². The molecule has 0 rings (SSSR count). The van der Waals surface area contributed by atoms with Crippen LogP contribution >= 0.6 is 7.82 Å². The quantitative estimate of drug-likeness (QED) is 0.0272. The molecular weight excluding hydrogens is 816 g/mol. The Morgan fingerprint density at radius 1 is 0.547 bits per heavy atom. The topological polar surface area (TPSA) is 108 Å². The van der Waals surface area contributed by atoms with Crippen LogP contribution in [0.4, 0.5) is 0 Å². The van der Waals surface area contributed by atoms with E-state index in [1.807, 2.05) is 27.2 Å².